The van der Waals surface area contributed by atoms with Crippen LogP contribution in [-0.2, 0) is 4.74 Å². The lowest BCUT2D eigenvalue weighted by Gasteiger charge is -2.20. The molecule has 0 aliphatic rings. The summed E-state index contributed by atoms with van der Waals surface area (Å²) in [7, 11) is 0. The lowest BCUT2D eigenvalue weighted by Crippen LogP contribution is -2.26. The van der Waals surface area contributed by atoms with Crippen molar-refractivity contribution < 1.29 is 4.74 Å². The standard InChI is InChI=1S/C13H19BrClNO/c1-3-7-16-13(9-17-4-2)11-8-10(14)5-6-12(11)15/h5-6,8,13,16H,3-4,7,9H2,1-2H3. The van der Waals surface area contributed by atoms with Gasteiger partial charge in [-0.15, -0.1) is 0 Å². The number of nitrogens with one attached hydrogen (secondary N) is 1. The topological polar surface area (TPSA) is 21.3 Å². The highest BCUT2D eigenvalue weighted by atomic mass is 79.9. The molecule has 0 heterocycles. The molecule has 17 heavy (non-hydrogen) atoms. The highest BCUT2D eigenvalue weighted by molar-refractivity contribution is 9.10. The zero-order valence-electron chi connectivity index (χ0n) is 10.3. The Hall–Kier alpha value is -0.0900. The van der Waals surface area contributed by atoms with E-state index in [9.17, 15) is 0 Å². The lowest BCUT2D eigenvalue weighted by molar-refractivity contribution is 0.123. The van der Waals surface area contributed by atoms with E-state index < -0.39 is 0 Å². The molecule has 0 aromatic heterocycles. The van der Waals surface area contributed by atoms with Crippen molar-refractivity contribution in [2.75, 3.05) is 19.8 Å². The van der Waals surface area contributed by atoms with E-state index in [-0.39, 0.29) is 6.04 Å². The molecule has 1 unspecified atom stereocenters. The van der Waals surface area contributed by atoms with Gasteiger partial charge in [-0.05, 0) is 43.7 Å². The van der Waals surface area contributed by atoms with Gasteiger partial charge >= 0.3 is 0 Å². The largest absolute Gasteiger partial charge is 0.380 e. The van der Waals surface area contributed by atoms with E-state index >= 15 is 0 Å². The fourth-order valence-corrected chi connectivity index (χ4v) is 2.22. The molecule has 1 rings (SSSR count). The number of hydrogen-bond donors (Lipinski definition) is 1. The van der Waals surface area contributed by atoms with Crippen molar-refractivity contribution in [1.29, 1.82) is 0 Å². The third-order valence-electron chi connectivity index (χ3n) is 2.46. The maximum absolute atomic E-state index is 6.23. The summed E-state index contributed by atoms with van der Waals surface area (Å²) in [4.78, 5) is 0. The van der Waals surface area contributed by atoms with Crippen molar-refractivity contribution in [1.82, 2.24) is 5.32 Å². The second-order valence-corrected chi connectivity index (χ2v) is 5.15. The van der Waals surface area contributed by atoms with Crippen molar-refractivity contribution in [3.05, 3.63) is 33.3 Å². The molecule has 0 fully saturated rings. The van der Waals surface area contributed by atoms with Crippen molar-refractivity contribution in [3.63, 3.8) is 0 Å². The van der Waals surface area contributed by atoms with Crippen molar-refractivity contribution >= 4 is 27.5 Å². The van der Waals surface area contributed by atoms with Crippen LogP contribution in [0.2, 0.25) is 5.02 Å². The van der Waals surface area contributed by atoms with Crippen LogP contribution < -0.4 is 5.32 Å². The van der Waals surface area contributed by atoms with Crippen LogP contribution in [0, 0.1) is 0 Å². The average molecular weight is 321 g/mol. The number of halogens is 2. The molecule has 0 saturated carbocycles. The summed E-state index contributed by atoms with van der Waals surface area (Å²) in [6.45, 7) is 6.47. The van der Waals surface area contributed by atoms with E-state index in [0.717, 1.165) is 34.6 Å². The molecule has 96 valence electrons. The van der Waals surface area contributed by atoms with E-state index in [2.05, 4.69) is 34.2 Å². The van der Waals surface area contributed by atoms with Crippen LogP contribution in [0.25, 0.3) is 0 Å². The second kappa shape index (κ2) is 8.09. The highest BCUT2D eigenvalue weighted by Crippen LogP contribution is 2.26. The fraction of sp³-hybridized carbons (Fsp3) is 0.538. The van der Waals surface area contributed by atoms with Crippen LogP contribution in [-0.4, -0.2) is 19.8 Å². The van der Waals surface area contributed by atoms with Gasteiger partial charge in [0.05, 0.1) is 12.6 Å². The molecule has 1 aromatic rings. The Morgan fingerprint density at radius 1 is 1.41 bits per heavy atom. The zero-order valence-corrected chi connectivity index (χ0v) is 12.6. The number of rotatable bonds is 7. The Morgan fingerprint density at radius 3 is 2.82 bits per heavy atom. The Kier molecular flexibility index (Phi) is 7.12. The first-order valence-electron chi connectivity index (χ1n) is 5.95. The minimum absolute atomic E-state index is 0.153. The predicted octanol–water partition coefficient (Wildman–Crippen LogP) is 4.18. The van der Waals surface area contributed by atoms with Gasteiger partial charge in [0.1, 0.15) is 0 Å². The van der Waals surface area contributed by atoms with Gasteiger partial charge in [-0.3, -0.25) is 0 Å². The van der Waals surface area contributed by atoms with E-state index in [0.29, 0.717) is 6.61 Å². The second-order valence-electron chi connectivity index (χ2n) is 3.83. The number of hydrogen-bond acceptors (Lipinski definition) is 2. The lowest BCUT2D eigenvalue weighted by atomic mass is 10.1. The van der Waals surface area contributed by atoms with Gasteiger partial charge in [-0.2, -0.15) is 0 Å². The fourth-order valence-electron chi connectivity index (χ4n) is 1.59. The van der Waals surface area contributed by atoms with Crippen LogP contribution in [0.5, 0.6) is 0 Å². The quantitative estimate of drug-likeness (QED) is 0.814. The maximum atomic E-state index is 6.23. The molecule has 0 aliphatic heterocycles. The van der Waals surface area contributed by atoms with Gasteiger partial charge in [0, 0.05) is 16.1 Å². The number of ether oxygens (including phenoxy) is 1. The molecule has 1 N–H and O–H groups in total. The van der Waals surface area contributed by atoms with Crippen LogP contribution in [0.15, 0.2) is 22.7 Å². The molecule has 1 atom stereocenters. The molecular formula is C13H19BrClNO. The molecule has 1 aromatic carbocycles. The molecule has 0 aliphatic carbocycles. The highest BCUT2D eigenvalue weighted by Gasteiger charge is 2.14. The molecule has 0 bridgehead atoms. The SMILES string of the molecule is CCCNC(COCC)c1cc(Br)ccc1Cl. The van der Waals surface area contributed by atoms with Crippen LogP contribution in [0.4, 0.5) is 0 Å². The smallest absolute Gasteiger partial charge is 0.0661 e. The summed E-state index contributed by atoms with van der Waals surface area (Å²) in [5, 5.41) is 4.24. The van der Waals surface area contributed by atoms with Gasteiger partial charge in [0.15, 0.2) is 0 Å². The summed E-state index contributed by atoms with van der Waals surface area (Å²) in [5.41, 5.74) is 1.09. The Labute approximate surface area is 117 Å². The Bertz CT molecular complexity index is 338. The third-order valence-corrected chi connectivity index (χ3v) is 3.30. The monoisotopic (exact) mass is 319 g/mol. The van der Waals surface area contributed by atoms with E-state index in [1.807, 2.05) is 19.1 Å². The molecule has 0 spiro atoms. The minimum Gasteiger partial charge on any atom is -0.380 e. The van der Waals surface area contributed by atoms with Crippen molar-refractivity contribution in [2.45, 2.75) is 26.3 Å². The summed E-state index contributed by atoms with van der Waals surface area (Å²) >= 11 is 9.71. The zero-order chi connectivity index (χ0) is 12.7. The van der Waals surface area contributed by atoms with Crippen LogP contribution in [0.3, 0.4) is 0 Å². The first-order chi connectivity index (χ1) is 8.19. The van der Waals surface area contributed by atoms with Gasteiger partial charge in [0.25, 0.3) is 0 Å². The van der Waals surface area contributed by atoms with Gasteiger partial charge < -0.3 is 10.1 Å². The summed E-state index contributed by atoms with van der Waals surface area (Å²) in [5.74, 6) is 0. The average Bonchev–Trinajstić information content (AvgIpc) is 2.33. The number of benzene rings is 1. The van der Waals surface area contributed by atoms with Crippen LogP contribution >= 0.6 is 27.5 Å². The first kappa shape index (κ1) is 15.0. The molecule has 0 saturated heterocycles. The van der Waals surface area contributed by atoms with E-state index in [1.54, 1.807) is 0 Å². The minimum atomic E-state index is 0.153. The summed E-state index contributed by atoms with van der Waals surface area (Å²) < 4.78 is 6.54. The van der Waals surface area contributed by atoms with Gasteiger partial charge in [-0.25, -0.2) is 0 Å². The summed E-state index contributed by atoms with van der Waals surface area (Å²) in [6.07, 6.45) is 1.09. The predicted molar refractivity (Wildman–Crippen MR) is 76.7 cm³/mol. The van der Waals surface area contributed by atoms with Gasteiger partial charge in [0.2, 0.25) is 0 Å². The maximum Gasteiger partial charge on any atom is 0.0661 e. The Morgan fingerprint density at radius 2 is 2.18 bits per heavy atom. The van der Waals surface area contributed by atoms with Crippen LogP contribution in [0.1, 0.15) is 31.9 Å². The van der Waals surface area contributed by atoms with E-state index in [4.69, 9.17) is 16.3 Å². The molecule has 0 amide bonds. The van der Waals surface area contributed by atoms with Gasteiger partial charge in [-0.1, -0.05) is 34.5 Å². The molecule has 0 radical (unpaired) electrons. The van der Waals surface area contributed by atoms with Crippen molar-refractivity contribution in [3.8, 4) is 0 Å². The van der Waals surface area contributed by atoms with Crippen molar-refractivity contribution in [2.24, 2.45) is 0 Å². The molecule has 2 nitrogen and oxygen atoms in total. The molecule has 4 heteroatoms. The first-order valence-corrected chi connectivity index (χ1v) is 7.12. The Balaban J connectivity index is 2.82. The van der Waals surface area contributed by atoms with E-state index in [1.165, 1.54) is 0 Å². The molecular weight excluding hydrogens is 302 g/mol. The normalized spacial score (nSPS) is 12.7. The third kappa shape index (κ3) is 4.96. The summed E-state index contributed by atoms with van der Waals surface area (Å²) in [6, 6.07) is 6.06.